The topological polar surface area (TPSA) is 49.3 Å². The summed E-state index contributed by atoms with van der Waals surface area (Å²) in [4.78, 5) is 10.7. The predicted octanol–water partition coefficient (Wildman–Crippen LogP) is 3.51. The van der Waals surface area contributed by atoms with Gasteiger partial charge in [-0.05, 0) is 35.7 Å². The highest BCUT2D eigenvalue weighted by Crippen LogP contribution is 2.19. The number of nitrogens with one attached hydrogen (secondary N) is 1. The Labute approximate surface area is 104 Å². The van der Waals surface area contributed by atoms with Crippen LogP contribution >= 0.6 is 0 Å². The second-order valence-corrected chi connectivity index (χ2v) is 3.89. The molecule has 2 aromatic carbocycles. The number of carbonyl (C=O) groups is 1. The van der Waals surface area contributed by atoms with E-state index in [1.54, 1.807) is 24.3 Å². The van der Waals surface area contributed by atoms with Gasteiger partial charge in [-0.1, -0.05) is 30.3 Å². The van der Waals surface area contributed by atoms with Crippen LogP contribution in [0, 0.1) is 5.82 Å². The third kappa shape index (κ3) is 3.07. The normalized spacial score (nSPS) is 10.1. The maximum Gasteiger partial charge on any atom is 0.409 e. The molecule has 0 atom stereocenters. The Kier molecular flexibility index (Phi) is 3.57. The van der Waals surface area contributed by atoms with E-state index in [-0.39, 0.29) is 5.82 Å². The van der Waals surface area contributed by atoms with Crippen molar-refractivity contribution in [3.8, 4) is 0 Å². The number of benzene rings is 2. The Morgan fingerprint density at radius 1 is 1.11 bits per heavy atom. The summed E-state index contributed by atoms with van der Waals surface area (Å²) in [5.41, 5.74) is 2.33. The molecule has 0 unspecified atom stereocenters. The molecule has 0 spiro atoms. The number of halogens is 1. The zero-order valence-corrected chi connectivity index (χ0v) is 9.56. The van der Waals surface area contributed by atoms with E-state index in [1.807, 2.05) is 12.1 Å². The van der Waals surface area contributed by atoms with Crippen molar-refractivity contribution in [3.05, 3.63) is 65.5 Å². The molecule has 4 heteroatoms. The number of hydrogen-bond donors (Lipinski definition) is 2. The van der Waals surface area contributed by atoms with Crippen LogP contribution in [0.2, 0.25) is 0 Å². The molecule has 0 bridgehead atoms. The molecule has 0 fully saturated rings. The lowest BCUT2D eigenvalue weighted by Crippen LogP contribution is -2.09. The monoisotopic (exact) mass is 245 g/mol. The molecule has 1 amide bonds. The minimum atomic E-state index is -1.10. The van der Waals surface area contributed by atoms with Gasteiger partial charge in [0.1, 0.15) is 5.82 Å². The van der Waals surface area contributed by atoms with E-state index in [4.69, 9.17) is 5.11 Å². The number of carboxylic acid groups (broad SMARTS) is 1. The van der Waals surface area contributed by atoms with Gasteiger partial charge in [-0.15, -0.1) is 0 Å². The maximum atomic E-state index is 12.8. The summed E-state index contributed by atoms with van der Waals surface area (Å²) in [5, 5.41) is 11.1. The molecule has 0 saturated carbocycles. The van der Waals surface area contributed by atoms with Crippen molar-refractivity contribution < 1.29 is 14.3 Å². The van der Waals surface area contributed by atoms with Crippen molar-refractivity contribution in [2.24, 2.45) is 0 Å². The van der Waals surface area contributed by atoms with E-state index < -0.39 is 6.09 Å². The zero-order chi connectivity index (χ0) is 13.0. The Balaban J connectivity index is 2.23. The predicted molar refractivity (Wildman–Crippen MR) is 67.3 cm³/mol. The first-order valence-electron chi connectivity index (χ1n) is 5.47. The van der Waals surface area contributed by atoms with Gasteiger partial charge in [0.15, 0.2) is 0 Å². The summed E-state index contributed by atoms with van der Waals surface area (Å²) < 4.78 is 12.8. The van der Waals surface area contributed by atoms with Crippen molar-refractivity contribution in [1.82, 2.24) is 0 Å². The molecule has 0 saturated heterocycles. The van der Waals surface area contributed by atoms with Gasteiger partial charge >= 0.3 is 6.09 Å². The van der Waals surface area contributed by atoms with Crippen molar-refractivity contribution in [1.29, 1.82) is 0 Å². The first-order valence-corrected chi connectivity index (χ1v) is 5.47. The van der Waals surface area contributed by atoms with Gasteiger partial charge in [0, 0.05) is 5.69 Å². The van der Waals surface area contributed by atoms with Crippen LogP contribution in [-0.4, -0.2) is 11.2 Å². The molecule has 0 radical (unpaired) electrons. The van der Waals surface area contributed by atoms with Crippen LogP contribution in [0.25, 0.3) is 0 Å². The SMILES string of the molecule is O=C(O)Nc1ccccc1Cc1ccc(F)cc1. The van der Waals surface area contributed by atoms with Crippen LogP contribution in [0.4, 0.5) is 14.9 Å². The number of amides is 1. The molecule has 18 heavy (non-hydrogen) atoms. The third-order valence-corrected chi connectivity index (χ3v) is 2.57. The Morgan fingerprint density at radius 3 is 2.44 bits per heavy atom. The summed E-state index contributed by atoms with van der Waals surface area (Å²) in [6, 6.07) is 13.3. The average molecular weight is 245 g/mol. The average Bonchev–Trinajstić information content (AvgIpc) is 2.34. The van der Waals surface area contributed by atoms with Gasteiger partial charge in [0.2, 0.25) is 0 Å². The molecule has 92 valence electrons. The highest BCUT2D eigenvalue weighted by Gasteiger charge is 2.05. The highest BCUT2D eigenvalue weighted by molar-refractivity contribution is 5.84. The number of para-hydroxylation sites is 1. The summed E-state index contributed by atoms with van der Waals surface area (Å²) in [5.74, 6) is -0.282. The van der Waals surface area contributed by atoms with Crippen LogP contribution in [0.15, 0.2) is 48.5 Å². The lowest BCUT2D eigenvalue weighted by atomic mass is 10.0. The van der Waals surface area contributed by atoms with E-state index in [0.717, 1.165) is 11.1 Å². The molecule has 2 N–H and O–H groups in total. The number of rotatable bonds is 3. The van der Waals surface area contributed by atoms with Crippen LogP contribution in [-0.2, 0) is 6.42 Å². The highest BCUT2D eigenvalue weighted by atomic mass is 19.1. The summed E-state index contributed by atoms with van der Waals surface area (Å²) in [6.45, 7) is 0. The van der Waals surface area contributed by atoms with Crippen LogP contribution < -0.4 is 5.32 Å². The van der Waals surface area contributed by atoms with E-state index in [9.17, 15) is 9.18 Å². The van der Waals surface area contributed by atoms with Gasteiger partial charge < -0.3 is 5.11 Å². The molecular weight excluding hydrogens is 233 g/mol. The fourth-order valence-corrected chi connectivity index (χ4v) is 1.73. The van der Waals surface area contributed by atoms with Gasteiger partial charge in [0.05, 0.1) is 0 Å². The van der Waals surface area contributed by atoms with Crippen LogP contribution in [0.1, 0.15) is 11.1 Å². The zero-order valence-electron chi connectivity index (χ0n) is 9.56. The van der Waals surface area contributed by atoms with Crippen molar-refractivity contribution in [3.63, 3.8) is 0 Å². The van der Waals surface area contributed by atoms with Crippen molar-refractivity contribution in [2.45, 2.75) is 6.42 Å². The molecule has 2 rings (SSSR count). The second kappa shape index (κ2) is 5.31. The standard InChI is InChI=1S/C14H12FNO2/c15-12-7-5-10(6-8-12)9-11-3-1-2-4-13(11)16-14(17)18/h1-8,16H,9H2,(H,17,18). The largest absolute Gasteiger partial charge is 0.465 e. The minimum absolute atomic E-state index is 0.282. The molecular formula is C14H12FNO2. The molecule has 0 aliphatic carbocycles. The molecule has 0 aliphatic heterocycles. The van der Waals surface area contributed by atoms with E-state index >= 15 is 0 Å². The summed E-state index contributed by atoms with van der Waals surface area (Å²) in [7, 11) is 0. The fourth-order valence-electron chi connectivity index (χ4n) is 1.73. The smallest absolute Gasteiger partial charge is 0.409 e. The van der Waals surface area contributed by atoms with Gasteiger partial charge in [0.25, 0.3) is 0 Å². The third-order valence-electron chi connectivity index (χ3n) is 2.57. The van der Waals surface area contributed by atoms with E-state index in [1.165, 1.54) is 12.1 Å². The molecule has 0 aliphatic rings. The molecule has 3 nitrogen and oxygen atoms in total. The maximum absolute atomic E-state index is 12.8. The van der Waals surface area contributed by atoms with Crippen molar-refractivity contribution in [2.75, 3.05) is 5.32 Å². The van der Waals surface area contributed by atoms with Gasteiger partial charge in [-0.3, -0.25) is 5.32 Å². The molecule has 0 aromatic heterocycles. The Bertz CT molecular complexity index is 552. The lowest BCUT2D eigenvalue weighted by molar-refractivity contribution is 0.209. The fraction of sp³-hybridized carbons (Fsp3) is 0.0714. The Hall–Kier alpha value is -2.36. The van der Waals surface area contributed by atoms with E-state index in [0.29, 0.717) is 12.1 Å². The quantitative estimate of drug-likeness (QED) is 0.869. The molecule has 2 aromatic rings. The first kappa shape index (κ1) is 12.1. The first-order chi connectivity index (χ1) is 8.65. The lowest BCUT2D eigenvalue weighted by Gasteiger charge is -2.09. The van der Waals surface area contributed by atoms with Gasteiger partial charge in [-0.2, -0.15) is 0 Å². The van der Waals surface area contributed by atoms with Gasteiger partial charge in [-0.25, -0.2) is 9.18 Å². The van der Waals surface area contributed by atoms with Crippen LogP contribution in [0.3, 0.4) is 0 Å². The molecule has 0 heterocycles. The van der Waals surface area contributed by atoms with Crippen molar-refractivity contribution >= 4 is 11.8 Å². The summed E-state index contributed by atoms with van der Waals surface area (Å²) >= 11 is 0. The van der Waals surface area contributed by atoms with Crippen LogP contribution in [0.5, 0.6) is 0 Å². The minimum Gasteiger partial charge on any atom is -0.465 e. The number of anilines is 1. The van der Waals surface area contributed by atoms with E-state index in [2.05, 4.69) is 5.32 Å². The second-order valence-electron chi connectivity index (χ2n) is 3.89. The summed E-state index contributed by atoms with van der Waals surface area (Å²) in [6.07, 6.45) is -0.543. The number of hydrogen-bond acceptors (Lipinski definition) is 1. The Morgan fingerprint density at radius 2 is 1.78 bits per heavy atom.